The Morgan fingerprint density at radius 3 is 1.41 bits per heavy atom. The first kappa shape index (κ1) is 54.1. The Bertz CT molecular complexity index is 2440. The number of nitrogens with zero attached hydrogens (tertiary/aromatic N) is 1. The third-order valence-corrected chi connectivity index (χ3v) is 10.1. The molecule has 0 aliphatic carbocycles. The van der Waals surface area contributed by atoms with Gasteiger partial charge in [0.25, 0.3) is 11.8 Å². The molecule has 0 bridgehead atoms. The summed E-state index contributed by atoms with van der Waals surface area (Å²) in [7, 11) is 3.04. The number of oxazole rings is 1. The van der Waals surface area contributed by atoms with Gasteiger partial charge in [0.05, 0.1) is 27.6 Å². The molecule has 2 unspecified atom stereocenters. The standard InChI is InChI=1S/C24H26ClN3O4.C22H24BrClN2O4.C2H5NO/c1-14(2)32-22-10-9-18(12-19(22)25)23(29)28-20(24(30)26-4)11-16-5-7-17(8-6-16)21-13-31-15(3)27-21;1-13(2)30-20-9-8-16(11-17(20)24)21(28)26-18(22(29)25-3)10-14-4-6-15(7-5-14)19(27)12-23;1-2(3)4/h5-10,12-14,20H,11H2,1-4H3,(H,26,30)(H,28,29);4-9,11,13,18H,10,12H2,1-3H3,(H,25,29)(H,26,28);1H3,(H2,3,4). The van der Waals surface area contributed by atoms with E-state index in [0.717, 1.165) is 22.4 Å². The number of rotatable bonds is 17. The quantitative estimate of drug-likeness (QED) is 0.0457. The van der Waals surface area contributed by atoms with E-state index in [-0.39, 0.29) is 47.5 Å². The number of halogens is 3. The van der Waals surface area contributed by atoms with E-state index >= 15 is 0 Å². The number of carbonyl (C=O) groups is 6. The lowest BCUT2D eigenvalue weighted by atomic mass is 10.0. The van der Waals surface area contributed by atoms with Crippen LogP contribution in [0.15, 0.2) is 95.6 Å². The van der Waals surface area contributed by atoms with E-state index in [4.69, 9.17) is 37.1 Å². The highest BCUT2D eigenvalue weighted by atomic mass is 79.9. The lowest BCUT2D eigenvalue weighted by Crippen LogP contribution is -2.47. The number of Topliss-reactive ketones (excluding diaryl/α,β-unsaturated/α-hetero) is 1. The van der Waals surface area contributed by atoms with Crippen molar-refractivity contribution in [3.8, 4) is 22.8 Å². The third-order valence-electron chi connectivity index (χ3n) is 9.00. The second-order valence-corrected chi connectivity index (χ2v) is 16.5. The smallest absolute Gasteiger partial charge is 0.251 e. The number of hydrogen-bond donors (Lipinski definition) is 5. The number of amides is 5. The molecule has 5 rings (SSSR count). The lowest BCUT2D eigenvalue weighted by molar-refractivity contribution is -0.123. The number of aromatic nitrogens is 1. The number of likely N-dealkylation sites (N-methyl/N-ethyl adjacent to an activating group) is 2. The van der Waals surface area contributed by atoms with Gasteiger partial charge in [-0.25, -0.2) is 4.98 Å². The summed E-state index contributed by atoms with van der Waals surface area (Å²) in [6.07, 6.45) is 2.11. The summed E-state index contributed by atoms with van der Waals surface area (Å²) in [5.41, 5.74) is 9.07. The number of ketones is 1. The van der Waals surface area contributed by atoms with E-state index < -0.39 is 23.9 Å². The molecule has 0 aliphatic rings. The summed E-state index contributed by atoms with van der Waals surface area (Å²) in [4.78, 5) is 75.5. The fraction of sp³-hybridized carbons (Fsp3) is 0.312. The Morgan fingerprint density at radius 2 is 1.08 bits per heavy atom. The predicted octanol–water partition coefficient (Wildman–Crippen LogP) is 7.46. The van der Waals surface area contributed by atoms with Gasteiger partial charge in [-0.1, -0.05) is 87.7 Å². The number of nitrogens with one attached hydrogen (secondary N) is 4. The highest BCUT2D eigenvalue weighted by molar-refractivity contribution is 9.09. The monoisotopic (exact) mass is 1010 g/mol. The van der Waals surface area contributed by atoms with Gasteiger partial charge >= 0.3 is 0 Å². The first-order valence-electron chi connectivity index (χ1n) is 20.7. The molecule has 352 valence electrons. The zero-order valence-electron chi connectivity index (χ0n) is 37.9. The molecule has 0 spiro atoms. The van der Waals surface area contributed by atoms with Gasteiger partial charge in [-0.3, -0.25) is 28.8 Å². The van der Waals surface area contributed by atoms with E-state index in [1.807, 2.05) is 52.0 Å². The summed E-state index contributed by atoms with van der Waals surface area (Å²) >= 11 is 15.6. The zero-order valence-corrected chi connectivity index (χ0v) is 41.0. The molecule has 0 saturated heterocycles. The minimum Gasteiger partial charge on any atom is -0.489 e. The number of hydrogen-bond acceptors (Lipinski definition) is 10. The Balaban J connectivity index is 0.000000325. The van der Waals surface area contributed by atoms with Crippen LogP contribution in [0.4, 0.5) is 0 Å². The van der Waals surface area contributed by atoms with Crippen molar-refractivity contribution in [1.82, 2.24) is 26.3 Å². The van der Waals surface area contributed by atoms with Crippen molar-refractivity contribution in [2.24, 2.45) is 5.73 Å². The highest BCUT2D eigenvalue weighted by Gasteiger charge is 2.23. The minimum absolute atomic E-state index is 0.0283. The maximum atomic E-state index is 12.8. The minimum atomic E-state index is -0.786. The summed E-state index contributed by atoms with van der Waals surface area (Å²) in [6, 6.07) is 22.6. The van der Waals surface area contributed by atoms with Gasteiger partial charge in [-0.15, -0.1) is 0 Å². The van der Waals surface area contributed by atoms with Gasteiger partial charge in [0.1, 0.15) is 35.5 Å². The summed E-state index contributed by atoms with van der Waals surface area (Å²) in [6.45, 7) is 10.6. The molecule has 5 amide bonds. The average Bonchev–Trinajstić information content (AvgIpc) is 3.72. The first-order chi connectivity index (χ1) is 31.2. The van der Waals surface area contributed by atoms with Gasteiger partial charge in [-0.2, -0.15) is 0 Å². The molecule has 18 heteroatoms. The second-order valence-electron chi connectivity index (χ2n) is 15.1. The Kier molecular flexibility index (Phi) is 21.9. The summed E-state index contributed by atoms with van der Waals surface area (Å²) in [5, 5.41) is 11.6. The van der Waals surface area contributed by atoms with Crippen LogP contribution in [-0.4, -0.2) is 84.0 Å². The van der Waals surface area contributed by atoms with E-state index in [1.54, 1.807) is 61.7 Å². The summed E-state index contributed by atoms with van der Waals surface area (Å²) in [5.74, 6) is -0.211. The molecule has 4 aromatic carbocycles. The largest absolute Gasteiger partial charge is 0.489 e. The molecule has 2 atom stereocenters. The second kappa shape index (κ2) is 26.7. The van der Waals surface area contributed by atoms with Crippen LogP contribution in [0, 0.1) is 6.92 Å². The van der Waals surface area contributed by atoms with E-state index in [2.05, 4.69) is 47.9 Å². The zero-order chi connectivity index (χ0) is 49.1. The Morgan fingerprint density at radius 1 is 0.682 bits per heavy atom. The molecule has 15 nitrogen and oxygen atoms in total. The number of carbonyl (C=O) groups excluding carboxylic acids is 6. The molecular weight excluding hydrogens is 955 g/mol. The third kappa shape index (κ3) is 17.6. The van der Waals surface area contributed by atoms with E-state index in [1.165, 1.54) is 33.2 Å². The van der Waals surface area contributed by atoms with Crippen molar-refractivity contribution >= 4 is 74.5 Å². The SMILES string of the molecule is CC(N)=O.CNC(=O)C(Cc1ccc(-c2coc(C)n2)cc1)NC(=O)c1ccc(OC(C)C)c(Cl)c1.CNC(=O)C(Cc1ccc(C(=O)CBr)cc1)NC(=O)c1ccc(OC(C)C)c(Cl)c1. The van der Waals surface area contributed by atoms with Crippen LogP contribution in [0.3, 0.4) is 0 Å². The predicted molar refractivity (Wildman–Crippen MR) is 259 cm³/mol. The molecular formula is C48H55BrCl2N6O9. The van der Waals surface area contributed by atoms with Crippen LogP contribution in [-0.2, 0) is 27.2 Å². The average molecular weight is 1010 g/mol. The van der Waals surface area contributed by atoms with Crippen LogP contribution in [0.5, 0.6) is 11.5 Å². The van der Waals surface area contributed by atoms with Crippen molar-refractivity contribution in [2.45, 2.75) is 78.7 Å². The molecule has 1 aromatic heterocycles. The molecule has 66 heavy (non-hydrogen) atoms. The maximum Gasteiger partial charge on any atom is 0.251 e. The van der Waals surface area contributed by atoms with Crippen LogP contribution in [0.1, 0.15) is 82.7 Å². The molecule has 0 saturated carbocycles. The highest BCUT2D eigenvalue weighted by Crippen LogP contribution is 2.28. The molecule has 5 aromatic rings. The molecule has 6 N–H and O–H groups in total. The van der Waals surface area contributed by atoms with Gasteiger partial charge in [-0.05, 0) is 75.2 Å². The van der Waals surface area contributed by atoms with Crippen LogP contribution >= 0.6 is 39.1 Å². The van der Waals surface area contributed by atoms with E-state index in [9.17, 15) is 28.8 Å². The van der Waals surface area contributed by atoms with Gasteiger partial charge in [0, 0.05) is 63.0 Å². The van der Waals surface area contributed by atoms with Crippen LogP contribution in [0.25, 0.3) is 11.3 Å². The number of benzene rings is 4. The lowest BCUT2D eigenvalue weighted by Gasteiger charge is -2.18. The van der Waals surface area contributed by atoms with E-state index in [0.29, 0.717) is 50.5 Å². The number of primary amides is 1. The number of alkyl halides is 1. The normalized spacial score (nSPS) is 11.4. The summed E-state index contributed by atoms with van der Waals surface area (Å²) < 4.78 is 16.4. The fourth-order valence-corrected chi connectivity index (χ4v) is 6.69. The fourth-order valence-electron chi connectivity index (χ4n) is 5.92. The van der Waals surface area contributed by atoms with Crippen molar-refractivity contribution in [3.05, 3.63) is 135 Å². The number of ether oxygens (including phenoxy) is 2. The molecule has 0 fully saturated rings. The van der Waals surface area contributed by atoms with Crippen LogP contribution in [0.2, 0.25) is 10.0 Å². The Labute approximate surface area is 403 Å². The number of nitrogens with two attached hydrogens (primary N) is 1. The van der Waals surface area contributed by atoms with Gasteiger partial charge < -0.3 is 40.9 Å². The Hall–Kier alpha value is -6.23. The van der Waals surface area contributed by atoms with Crippen LogP contribution < -0.4 is 36.5 Å². The van der Waals surface area contributed by atoms with Crippen molar-refractivity contribution in [1.29, 1.82) is 0 Å². The molecule has 0 radical (unpaired) electrons. The van der Waals surface area contributed by atoms with Crippen molar-refractivity contribution < 1.29 is 42.7 Å². The maximum absolute atomic E-state index is 12.8. The van der Waals surface area contributed by atoms with Crippen molar-refractivity contribution in [2.75, 3.05) is 19.4 Å². The van der Waals surface area contributed by atoms with Gasteiger partial charge in [0.2, 0.25) is 17.7 Å². The topological polar surface area (TPSA) is 221 Å². The number of aryl methyl sites for hydroxylation is 1. The van der Waals surface area contributed by atoms with Gasteiger partial charge in [0.15, 0.2) is 11.7 Å². The van der Waals surface area contributed by atoms with Crippen molar-refractivity contribution in [3.63, 3.8) is 0 Å². The molecule has 0 aliphatic heterocycles. The first-order valence-corrected chi connectivity index (χ1v) is 22.6. The molecule has 1 heterocycles.